The van der Waals surface area contributed by atoms with Crippen LogP contribution in [0.3, 0.4) is 0 Å². The quantitative estimate of drug-likeness (QED) is 0.309. The van der Waals surface area contributed by atoms with Gasteiger partial charge in [0.05, 0.1) is 16.5 Å². The van der Waals surface area contributed by atoms with Crippen molar-refractivity contribution in [2.45, 2.75) is 26.5 Å². The second-order valence-electron chi connectivity index (χ2n) is 9.41. The minimum atomic E-state index is -0.481. The maximum atomic E-state index is 13.1. The largest absolute Gasteiger partial charge is 0.493 e. The molecule has 0 unspecified atom stereocenters. The van der Waals surface area contributed by atoms with E-state index in [1.165, 1.54) is 5.56 Å². The lowest BCUT2D eigenvalue weighted by molar-refractivity contribution is -0.136. The van der Waals surface area contributed by atoms with Crippen LogP contribution in [0.1, 0.15) is 27.8 Å². The normalized spacial score (nSPS) is 16.0. The highest BCUT2D eigenvalue weighted by Crippen LogP contribution is 2.39. The summed E-state index contributed by atoms with van der Waals surface area (Å²) in [6, 6.07) is 19.6. The second kappa shape index (κ2) is 11.7. The molecular weight excluding hydrogens is 580 g/mol. The van der Waals surface area contributed by atoms with Gasteiger partial charge in [0, 0.05) is 13.1 Å². The fraction of sp³-hybridized carbons (Fsp3) is 0.233. The summed E-state index contributed by atoms with van der Waals surface area (Å²) in [4.78, 5) is 41.8. The number of benzene rings is 3. The van der Waals surface area contributed by atoms with E-state index in [2.05, 4.69) is 28.1 Å². The average molecular weight is 608 g/mol. The first-order valence-corrected chi connectivity index (χ1v) is 14.1. The number of hydrogen-bond donors (Lipinski definition) is 0. The second-order valence-corrected chi connectivity index (χ2v) is 11.3. The number of methoxy groups -OCH3 is 1. The Labute approximate surface area is 239 Å². The molecule has 2 aliphatic rings. The minimum Gasteiger partial charge on any atom is -0.493 e. The maximum Gasteiger partial charge on any atom is 0.294 e. The molecule has 3 amide bonds. The summed E-state index contributed by atoms with van der Waals surface area (Å²) < 4.78 is 12.2. The van der Waals surface area contributed by atoms with Crippen molar-refractivity contribution in [3.8, 4) is 11.5 Å². The molecule has 7 nitrogen and oxygen atoms in total. The lowest BCUT2D eigenvalue weighted by Crippen LogP contribution is -2.44. The van der Waals surface area contributed by atoms with Crippen molar-refractivity contribution >= 4 is 50.8 Å². The summed E-state index contributed by atoms with van der Waals surface area (Å²) in [5.74, 6) is 0.305. The van der Waals surface area contributed by atoms with Crippen molar-refractivity contribution in [3.05, 3.63) is 97.9 Å². The zero-order valence-corrected chi connectivity index (χ0v) is 24.0. The van der Waals surface area contributed by atoms with Crippen molar-refractivity contribution in [3.63, 3.8) is 0 Å². The molecule has 1 saturated heterocycles. The van der Waals surface area contributed by atoms with Gasteiger partial charge in [-0.15, -0.1) is 0 Å². The molecule has 3 aromatic rings. The van der Waals surface area contributed by atoms with Crippen molar-refractivity contribution in [1.29, 1.82) is 0 Å². The van der Waals surface area contributed by atoms with Gasteiger partial charge in [0.2, 0.25) is 5.91 Å². The third-order valence-electron chi connectivity index (χ3n) is 6.67. The number of amides is 3. The Balaban J connectivity index is 1.28. The van der Waals surface area contributed by atoms with Gasteiger partial charge >= 0.3 is 0 Å². The van der Waals surface area contributed by atoms with E-state index in [1.54, 1.807) is 30.2 Å². The van der Waals surface area contributed by atoms with Gasteiger partial charge in [0.1, 0.15) is 13.2 Å². The van der Waals surface area contributed by atoms with Gasteiger partial charge in [-0.2, -0.15) is 0 Å². The first-order chi connectivity index (χ1) is 18.8. The fourth-order valence-electron chi connectivity index (χ4n) is 4.65. The highest BCUT2D eigenvalue weighted by Gasteiger charge is 2.37. The first kappa shape index (κ1) is 27.0. The Bertz CT molecular complexity index is 1490. The van der Waals surface area contributed by atoms with Gasteiger partial charge in [-0.1, -0.05) is 54.1 Å². The Morgan fingerprint density at radius 1 is 1.08 bits per heavy atom. The van der Waals surface area contributed by atoms with Crippen LogP contribution in [0.5, 0.6) is 11.5 Å². The third kappa shape index (κ3) is 6.04. The molecule has 200 valence electrons. The van der Waals surface area contributed by atoms with E-state index in [0.29, 0.717) is 41.2 Å². The predicted octanol–water partition coefficient (Wildman–Crippen LogP) is 5.97. The summed E-state index contributed by atoms with van der Waals surface area (Å²) in [5.41, 5.74) is 5.16. The molecule has 0 N–H and O–H groups in total. The van der Waals surface area contributed by atoms with Crippen LogP contribution in [-0.4, -0.2) is 47.1 Å². The Morgan fingerprint density at radius 2 is 1.87 bits per heavy atom. The van der Waals surface area contributed by atoms with Crippen LogP contribution in [-0.2, 0) is 29.2 Å². The molecule has 39 heavy (non-hydrogen) atoms. The van der Waals surface area contributed by atoms with E-state index >= 15 is 0 Å². The van der Waals surface area contributed by atoms with Crippen LogP contribution < -0.4 is 9.47 Å². The molecule has 0 spiro atoms. The van der Waals surface area contributed by atoms with Gasteiger partial charge in [-0.3, -0.25) is 19.3 Å². The summed E-state index contributed by atoms with van der Waals surface area (Å²) in [7, 11) is 1.55. The lowest BCUT2D eigenvalue weighted by Gasteiger charge is -2.29. The zero-order chi connectivity index (χ0) is 27.5. The van der Waals surface area contributed by atoms with E-state index in [4.69, 9.17) is 9.47 Å². The third-order valence-corrected chi connectivity index (χ3v) is 8.16. The first-order valence-electron chi connectivity index (χ1n) is 12.5. The van der Waals surface area contributed by atoms with Crippen molar-refractivity contribution in [1.82, 2.24) is 9.80 Å². The van der Waals surface area contributed by atoms with E-state index in [9.17, 15) is 14.4 Å². The van der Waals surface area contributed by atoms with Crippen LogP contribution in [0.4, 0.5) is 4.79 Å². The number of carbonyl (C=O) groups excluding carboxylic acids is 3. The number of nitrogens with zero attached hydrogens (tertiary/aromatic N) is 2. The Hall–Kier alpha value is -3.56. The summed E-state index contributed by atoms with van der Waals surface area (Å²) in [5, 5.41) is -0.457. The van der Waals surface area contributed by atoms with E-state index < -0.39 is 11.1 Å². The number of aryl methyl sites for hydroxylation is 1. The van der Waals surface area contributed by atoms with Crippen LogP contribution in [0.2, 0.25) is 0 Å². The van der Waals surface area contributed by atoms with Gasteiger partial charge in [0.25, 0.3) is 11.1 Å². The molecular formula is C30H27BrN2O5S. The standard InChI is InChI=1S/C30H27BrN2O5S/c1-19-6-5-7-20(12-19)18-38-28-24(31)13-21(14-25(28)37-2)15-26-29(35)33(30(36)39-26)17-27(34)32-11-10-22-8-3-4-9-23(22)16-32/h3-9,12-15H,10-11,16-18H2,1-2H3/b26-15-. The molecule has 0 radical (unpaired) electrons. The molecule has 0 aliphatic carbocycles. The van der Waals surface area contributed by atoms with Crippen LogP contribution in [0, 0.1) is 6.92 Å². The number of thioether (sulfide) groups is 1. The summed E-state index contributed by atoms with van der Waals surface area (Å²) in [6.07, 6.45) is 2.38. The smallest absolute Gasteiger partial charge is 0.294 e. The van der Waals surface area contributed by atoms with E-state index in [1.807, 2.05) is 43.3 Å². The number of halogens is 1. The predicted molar refractivity (Wildman–Crippen MR) is 154 cm³/mol. The molecule has 1 fully saturated rings. The maximum absolute atomic E-state index is 13.1. The molecule has 0 aromatic heterocycles. The Morgan fingerprint density at radius 3 is 2.64 bits per heavy atom. The number of rotatable bonds is 7. The van der Waals surface area contributed by atoms with E-state index in [0.717, 1.165) is 39.8 Å². The van der Waals surface area contributed by atoms with Gasteiger partial charge < -0.3 is 14.4 Å². The lowest BCUT2D eigenvalue weighted by atomic mass is 10.00. The van der Waals surface area contributed by atoms with Gasteiger partial charge in [0.15, 0.2) is 11.5 Å². The van der Waals surface area contributed by atoms with Gasteiger partial charge in [-0.25, -0.2) is 0 Å². The van der Waals surface area contributed by atoms with Crippen molar-refractivity contribution in [2.24, 2.45) is 0 Å². The Kier molecular flexibility index (Phi) is 8.09. The monoisotopic (exact) mass is 606 g/mol. The number of imide groups is 1. The number of carbonyl (C=O) groups is 3. The van der Waals surface area contributed by atoms with Crippen molar-refractivity contribution in [2.75, 3.05) is 20.2 Å². The van der Waals surface area contributed by atoms with Crippen LogP contribution in [0.25, 0.3) is 6.08 Å². The molecule has 2 heterocycles. The highest BCUT2D eigenvalue weighted by molar-refractivity contribution is 9.10. The van der Waals surface area contributed by atoms with Crippen LogP contribution in [0.15, 0.2) is 70.0 Å². The molecule has 0 saturated carbocycles. The average Bonchev–Trinajstić information content (AvgIpc) is 3.19. The number of ether oxygens (including phenoxy) is 2. The van der Waals surface area contributed by atoms with Crippen LogP contribution >= 0.6 is 27.7 Å². The molecule has 5 rings (SSSR count). The molecule has 0 atom stereocenters. The van der Waals surface area contributed by atoms with Crippen molar-refractivity contribution < 1.29 is 23.9 Å². The minimum absolute atomic E-state index is 0.243. The molecule has 0 bridgehead atoms. The number of fused-ring (bicyclic) bond motifs is 1. The summed E-state index contributed by atoms with van der Waals surface area (Å²) >= 11 is 4.38. The van der Waals surface area contributed by atoms with E-state index in [-0.39, 0.29) is 17.4 Å². The topological polar surface area (TPSA) is 76.2 Å². The highest BCUT2D eigenvalue weighted by atomic mass is 79.9. The molecule has 3 aromatic carbocycles. The SMILES string of the molecule is COc1cc(/C=C2\SC(=O)N(CC(=O)N3CCc4ccccc4C3)C2=O)cc(Br)c1OCc1cccc(C)c1. The molecule has 9 heteroatoms. The number of hydrogen-bond acceptors (Lipinski definition) is 6. The zero-order valence-electron chi connectivity index (χ0n) is 21.6. The summed E-state index contributed by atoms with van der Waals surface area (Å²) in [6.45, 7) is 3.16. The fourth-order valence-corrected chi connectivity index (χ4v) is 6.06. The molecule has 2 aliphatic heterocycles. The van der Waals surface area contributed by atoms with Gasteiger partial charge in [-0.05, 0) is 81.5 Å².